The van der Waals surface area contributed by atoms with Crippen LogP contribution in [0.25, 0.3) is 0 Å². The van der Waals surface area contributed by atoms with Gasteiger partial charge in [0.1, 0.15) is 0 Å². The van der Waals surface area contributed by atoms with Gasteiger partial charge in [0.15, 0.2) is 0 Å². The summed E-state index contributed by atoms with van der Waals surface area (Å²) in [4.78, 5) is 23.8. The highest BCUT2D eigenvalue weighted by Crippen LogP contribution is 2.22. The monoisotopic (exact) mass is 258 g/mol. The fraction of sp³-hybridized carbons (Fsp3) is 0.857. The molecule has 0 radical (unpaired) electrons. The summed E-state index contributed by atoms with van der Waals surface area (Å²) in [5.74, 6) is -0.404. The highest BCUT2D eigenvalue weighted by molar-refractivity contribution is 5.83. The van der Waals surface area contributed by atoms with E-state index in [0.717, 1.165) is 19.6 Å². The van der Waals surface area contributed by atoms with Crippen molar-refractivity contribution < 1.29 is 18.8 Å². The van der Waals surface area contributed by atoms with Crippen molar-refractivity contribution in [1.82, 2.24) is 0 Å². The number of quaternary nitrogens is 1. The second-order valence-electron chi connectivity index (χ2n) is 5.79. The van der Waals surface area contributed by atoms with E-state index in [-0.39, 0.29) is 11.8 Å². The molecule has 0 aliphatic rings. The number of esters is 1. The summed E-state index contributed by atoms with van der Waals surface area (Å²) in [6.45, 7) is 15.3. The van der Waals surface area contributed by atoms with E-state index in [4.69, 9.17) is 4.74 Å². The van der Waals surface area contributed by atoms with Crippen LogP contribution < -0.4 is 0 Å². The van der Waals surface area contributed by atoms with Crippen LogP contribution in [0, 0.1) is 5.41 Å². The minimum atomic E-state index is -0.684. The van der Waals surface area contributed by atoms with Gasteiger partial charge in [0, 0.05) is 6.92 Å². The van der Waals surface area contributed by atoms with Gasteiger partial charge in [-0.2, -0.15) is 0 Å². The molecule has 18 heavy (non-hydrogen) atoms. The van der Waals surface area contributed by atoms with E-state index in [0.29, 0.717) is 4.48 Å². The highest BCUT2D eigenvalue weighted by atomic mass is 16.6. The number of hydrogen-bond donors (Lipinski definition) is 0. The third-order valence-corrected chi connectivity index (χ3v) is 3.57. The lowest BCUT2D eigenvalue weighted by molar-refractivity contribution is -0.955. The topological polar surface area (TPSA) is 43.4 Å². The van der Waals surface area contributed by atoms with Gasteiger partial charge in [-0.3, -0.25) is 14.1 Å². The third-order valence-electron chi connectivity index (χ3n) is 3.57. The summed E-state index contributed by atoms with van der Waals surface area (Å²) in [6.07, 6.45) is -0.684. The highest BCUT2D eigenvalue weighted by Gasteiger charge is 2.41. The summed E-state index contributed by atoms with van der Waals surface area (Å²) in [7, 11) is 0. The number of Topliss-reactive ketones (excluding diaryl/α,β-unsaturated/α-hetero) is 1. The van der Waals surface area contributed by atoms with Crippen molar-refractivity contribution in [1.29, 1.82) is 0 Å². The zero-order chi connectivity index (χ0) is 14.6. The number of carbonyl (C=O) groups is 2. The summed E-state index contributed by atoms with van der Waals surface area (Å²) >= 11 is 0. The van der Waals surface area contributed by atoms with Crippen LogP contribution in [0.4, 0.5) is 0 Å². The van der Waals surface area contributed by atoms with Gasteiger partial charge in [0.05, 0.1) is 25.0 Å². The molecular weight excluding hydrogens is 230 g/mol. The predicted molar refractivity (Wildman–Crippen MR) is 71.9 cm³/mol. The number of ketones is 1. The number of carbonyl (C=O) groups excluding carboxylic acids is 2. The molecule has 0 aromatic rings. The average molecular weight is 258 g/mol. The van der Waals surface area contributed by atoms with Crippen molar-refractivity contribution in [3.8, 4) is 0 Å². The lowest BCUT2D eigenvalue weighted by Gasteiger charge is -2.41. The van der Waals surface area contributed by atoms with Gasteiger partial charge in [0.2, 0.25) is 5.78 Å². The molecule has 0 saturated carbocycles. The quantitative estimate of drug-likeness (QED) is 0.417. The molecule has 0 spiro atoms. The Hall–Kier alpha value is -0.900. The SMILES string of the molecule is CC[N+](CC)(CC)C(OC(=O)C(C)(C)C)C(C)=O. The Bertz CT molecular complexity index is 292. The molecule has 0 rings (SSSR count). The molecule has 0 aromatic heterocycles. The molecule has 0 bridgehead atoms. The predicted octanol–water partition coefficient (Wildman–Crippen LogP) is 2.37. The molecule has 0 amide bonds. The van der Waals surface area contributed by atoms with Gasteiger partial charge in [0.25, 0.3) is 6.23 Å². The molecule has 0 fully saturated rings. The van der Waals surface area contributed by atoms with E-state index in [9.17, 15) is 9.59 Å². The maximum atomic E-state index is 12.0. The Morgan fingerprint density at radius 2 is 1.44 bits per heavy atom. The number of hydrogen-bond acceptors (Lipinski definition) is 3. The van der Waals surface area contributed by atoms with Gasteiger partial charge in [-0.25, -0.2) is 0 Å². The second kappa shape index (κ2) is 6.32. The molecular formula is C14H28NO3+. The summed E-state index contributed by atoms with van der Waals surface area (Å²) in [5.41, 5.74) is -0.585. The molecule has 0 N–H and O–H groups in total. The molecule has 0 aliphatic heterocycles. The van der Waals surface area contributed by atoms with Crippen LogP contribution in [0.15, 0.2) is 0 Å². The van der Waals surface area contributed by atoms with E-state index in [1.807, 2.05) is 20.8 Å². The Kier molecular flexibility index (Phi) is 6.00. The van der Waals surface area contributed by atoms with E-state index in [1.165, 1.54) is 6.92 Å². The van der Waals surface area contributed by atoms with Gasteiger partial charge >= 0.3 is 5.97 Å². The van der Waals surface area contributed by atoms with Crippen LogP contribution in [0.3, 0.4) is 0 Å². The Morgan fingerprint density at radius 3 is 1.67 bits per heavy atom. The van der Waals surface area contributed by atoms with Gasteiger partial charge in [-0.1, -0.05) is 0 Å². The smallest absolute Gasteiger partial charge is 0.316 e. The molecule has 4 nitrogen and oxygen atoms in total. The van der Waals surface area contributed by atoms with E-state index < -0.39 is 11.6 Å². The Morgan fingerprint density at radius 1 is 1.06 bits per heavy atom. The maximum Gasteiger partial charge on any atom is 0.316 e. The molecule has 1 unspecified atom stereocenters. The zero-order valence-electron chi connectivity index (χ0n) is 12.9. The fourth-order valence-corrected chi connectivity index (χ4v) is 2.03. The largest absolute Gasteiger partial charge is 0.404 e. The standard InChI is InChI=1S/C14H28NO3/c1-8-15(9-2,10-3)12(11(4)16)18-13(17)14(5,6)7/h12H,8-10H2,1-7H3/q+1. The first kappa shape index (κ1) is 17.1. The van der Waals surface area contributed by atoms with Crippen molar-refractivity contribution >= 4 is 11.8 Å². The molecule has 1 atom stereocenters. The van der Waals surface area contributed by atoms with E-state index in [2.05, 4.69) is 0 Å². The van der Waals surface area contributed by atoms with Crippen LogP contribution in [-0.2, 0) is 14.3 Å². The molecule has 0 saturated heterocycles. The van der Waals surface area contributed by atoms with Gasteiger partial charge in [-0.05, 0) is 41.5 Å². The maximum absolute atomic E-state index is 12.0. The van der Waals surface area contributed by atoms with Crippen LogP contribution in [0.5, 0.6) is 0 Å². The molecule has 0 aromatic carbocycles. The van der Waals surface area contributed by atoms with Crippen LogP contribution >= 0.6 is 0 Å². The average Bonchev–Trinajstić information content (AvgIpc) is 2.28. The first-order chi connectivity index (χ1) is 8.14. The number of likely N-dealkylation sites (N-methyl/N-ethyl adjacent to an activating group) is 1. The van der Waals surface area contributed by atoms with Crippen molar-refractivity contribution in [3.05, 3.63) is 0 Å². The lowest BCUT2D eigenvalue weighted by Crippen LogP contribution is -2.60. The molecule has 0 aliphatic carbocycles. The normalized spacial score (nSPS) is 14.2. The second-order valence-corrected chi connectivity index (χ2v) is 5.79. The summed E-state index contributed by atoms with van der Waals surface area (Å²) in [5, 5.41) is 0. The van der Waals surface area contributed by atoms with Crippen molar-refractivity contribution in [3.63, 3.8) is 0 Å². The van der Waals surface area contributed by atoms with Crippen molar-refractivity contribution in [2.75, 3.05) is 19.6 Å². The van der Waals surface area contributed by atoms with Crippen LogP contribution in [-0.4, -0.2) is 42.1 Å². The Labute approximate surface area is 111 Å². The molecule has 4 heteroatoms. The van der Waals surface area contributed by atoms with Gasteiger partial charge < -0.3 is 4.74 Å². The minimum Gasteiger partial charge on any atom is -0.404 e. The van der Waals surface area contributed by atoms with Crippen LogP contribution in [0.2, 0.25) is 0 Å². The number of ether oxygens (including phenoxy) is 1. The minimum absolute atomic E-state index is 0.0850. The van der Waals surface area contributed by atoms with Crippen molar-refractivity contribution in [2.24, 2.45) is 5.41 Å². The Balaban J connectivity index is 5.21. The zero-order valence-corrected chi connectivity index (χ0v) is 12.9. The molecule has 106 valence electrons. The third kappa shape index (κ3) is 3.80. The number of nitrogens with zero attached hydrogens (tertiary/aromatic N) is 1. The molecule has 0 heterocycles. The van der Waals surface area contributed by atoms with E-state index >= 15 is 0 Å². The lowest BCUT2D eigenvalue weighted by atomic mass is 9.97. The summed E-state index contributed by atoms with van der Waals surface area (Å²) in [6, 6.07) is 0. The summed E-state index contributed by atoms with van der Waals surface area (Å²) < 4.78 is 6.00. The van der Waals surface area contributed by atoms with Crippen LogP contribution in [0.1, 0.15) is 48.5 Å². The number of rotatable bonds is 6. The fourth-order valence-electron chi connectivity index (χ4n) is 2.03. The first-order valence-corrected chi connectivity index (χ1v) is 6.71. The van der Waals surface area contributed by atoms with Crippen molar-refractivity contribution in [2.45, 2.75) is 54.7 Å². The first-order valence-electron chi connectivity index (χ1n) is 6.71. The van der Waals surface area contributed by atoms with E-state index in [1.54, 1.807) is 20.8 Å². The van der Waals surface area contributed by atoms with Gasteiger partial charge in [-0.15, -0.1) is 0 Å².